The number of benzene rings is 1. The number of furan rings is 1. The zero-order valence-electron chi connectivity index (χ0n) is 13.9. The lowest BCUT2D eigenvalue weighted by molar-refractivity contribution is 0.482. The van der Waals surface area contributed by atoms with Gasteiger partial charge in [0.15, 0.2) is 0 Å². The molecule has 0 atom stereocenters. The van der Waals surface area contributed by atoms with Crippen molar-refractivity contribution in [1.29, 1.82) is 0 Å². The number of nitrogens with zero attached hydrogens (tertiary/aromatic N) is 2. The average molecular weight is 321 g/mol. The Morgan fingerprint density at radius 3 is 2.71 bits per heavy atom. The molecule has 0 amide bonds. The molecule has 1 aromatic carbocycles. The van der Waals surface area contributed by atoms with E-state index in [0.29, 0.717) is 0 Å². The molecule has 124 valence electrons. The molecule has 0 saturated carbocycles. The average Bonchev–Trinajstić information content (AvgIpc) is 3.15. The summed E-state index contributed by atoms with van der Waals surface area (Å²) in [5.41, 5.74) is 2.34. The minimum absolute atomic E-state index is 0.735. The van der Waals surface area contributed by atoms with Crippen LogP contribution in [0.5, 0.6) is 0 Å². The number of aromatic nitrogens is 1. The largest absolute Gasteiger partial charge is 0.468 e. The number of fused-ring (bicyclic) bond motifs is 1. The van der Waals surface area contributed by atoms with Gasteiger partial charge >= 0.3 is 0 Å². The van der Waals surface area contributed by atoms with E-state index >= 15 is 0 Å². The van der Waals surface area contributed by atoms with Crippen LogP contribution in [0.3, 0.4) is 0 Å². The molecule has 1 saturated heterocycles. The van der Waals surface area contributed by atoms with Crippen molar-refractivity contribution >= 4 is 16.7 Å². The van der Waals surface area contributed by atoms with Crippen LogP contribution in [0.1, 0.15) is 30.6 Å². The summed E-state index contributed by atoms with van der Waals surface area (Å²) in [6.07, 6.45) is 5.56. The fraction of sp³-hybridized carbons (Fsp3) is 0.350. The molecule has 4 rings (SSSR count). The summed E-state index contributed by atoms with van der Waals surface area (Å²) in [4.78, 5) is 7.42. The first-order chi connectivity index (χ1) is 11.9. The molecule has 4 nitrogen and oxygen atoms in total. The van der Waals surface area contributed by atoms with Gasteiger partial charge in [-0.1, -0.05) is 18.2 Å². The molecule has 0 aliphatic carbocycles. The molecule has 0 bridgehead atoms. The van der Waals surface area contributed by atoms with Crippen LogP contribution < -0.4 is 10.2 Å². The molecule has 3 heterocycles. The van der Waals surface area contributed by atoms with Crippen molar-refractivity contribution in [2.45, 2.75) is 32.4 Å². The van der Waals surface area contributed by atoms with E-state index in [1.807, 2.05) is 12.1 Å². The van der Waals surface area contributed by atoms with Crippen LogP contribution in [0.2, 0.25) is 0 Å². The van der Waals surface area contributed by atoms with Crippen LogP contribution in [-0.4, -0.2) is 18.1 Å². The van der Waals surface area contributed by atoms with E-state index in [1.54, 1.807) is 6.26 Å². The van der Waals surface area contributed by atoms with Crippen LogP contribution in [0, 0.1) is 0 Å². The second kappa shape index (κ2) is 7.05. The van der Waals surface area contributed by atoms with E-state index in [9.17, 15) is 0 Å². The van der Waals surface area contributed by atoms with Gasteiger partial charge in [-0.05, 0) is 43.5 Å². The van der Waals surface area contributed by atoms with Crippen molar-refractivity contribution in [3.63, 3.8) is 0 Å². The number of anilines is 1. The van der Waals surface area contributed by atoms with E-state index in [2.05, 4.69) is 40.5 Å². The minimum atomic E-state index is 0.735. The molecule has 24 heavy (non-hydrogen) atoms. The van der Waals surface area contributed by atoms with E-state index in [-0.39, 0.29) is 0 Å². The van der Waals surface area contributed by atoms with E-state index in [4.69, 9.17) is 9.40 Å². The highest BCUT2D eigenvalue weighted by Gasteiger charge is 2.16. The summed E-state index contributed by atoms with van der Waals surface area (Å²) in [5, 5.41) is 4.69. The SMILES string of the molecule is c1coc(CNCc2cc3ccccc3nc2N2CCCCC2)c1. The minimum Gasteiger partial charge on any atom is -0.468 e. The predicted octanol–water partition coefficient (Wildman–Crippen LogP) is 4.11. The second-order valence-electron chi connectivity index (χ2n) is 6.39. The van der Waals surface area contributed by atoms with Gasteiger partial charge in [-0.15, -0.1) is 0 Å². The van der Waals surface area contributed by atoms with Crippen LogP contribution in [-0.2, 0) is 13.1 Å². The smallest absolute Gasteiger partial charge is 0.133 e. The fourth-order valence-corrected chi connectivity index (χ4v) is 3.39. The summed E-state index contributed by atoms with van der Waals surface area (Å²) in [6, 6.07) is 14.6. The van der Waals surface area contributed by atoms with Crippen molar-refractivity contribution in [2.24, 2.45) is 0 Å². The maximum Gasteiger partial charge on any atom is 0.133 e. The van der Waals surface area contributed by atoms with E-state index < -0.39 is 0 Å². The maximum atomic E-state index is 5.40. The molecular weight excluding hydrogens is 298 g/mol. The number of piperidine rings is 1. The zero-order chi connectivity index (χ0) is 16.2. The quantitative estimate of drug-likeness (QED) is 0.768. The monoisotopic (exact) mass is 321 g/mol. The van der Waals surface area contributed by atoms with Crippen molar-refractivity contribution in [3.05, 3.63) is 60.1 Å². The van der Waals surface area contributed by atoms with Crippen molar-refractivity contribution in [2.75, 3.05) is 18.0 Å². The van der Waals surface area contributed by atoms with Crippen LogP contribution >= 0.6 is 0 Å². The second-order valence-corrected chi connectivity index (χ2v) is 6.39. The molecule has 3 aromatic rings. The third kappa shape index (κ3) is 3.29. The summed E-state index contributed by atoms with van der Waals surface area (Å²) in [7, 11) is 0. The Balaban J connectivity index is 1.60. The first-order valence-electron chi connectivity index (χ1n) is 8.77. The van der Waals surface area contributed by atoms with Gasteiger partial charge in [-0.25, -0.2) is 4.98 Å². The predicted molar refractivity (Wildman–Crippen MR) is 97.1 cm³/mol. The Labute approximate surface area is 142 Å². The Bertz CT molecular complexity index is 792. The molecule has 0 spiro atoms. The lowest BCUT2D eigenvalue weighted by Crippen LogP contribution is -2.31. The zero-order valence-corrected chi connectivity index (χ0v) is 13.9. The van der Waals surface area contributed by atoms with Crippen LogP contribution in [0.25, 0.3) is 10.9 Å². The number of para-hydroxylation sites is 1. The van der Waals surface area contributed by atoms with E-state index in [0.717, 1.165) is 43.3 Å². The number of hydrogen-bond acceptors (Lipinski definition) is 4. The number of pyridine rings is 1. The molecule has 1 aliphatic heterocycles. The van der Waals surface area contributed by atoms with Gasteiger partial charge in [0.25, 0.3) is 0 Å². The van der Waals surface area contributed by atoms with Gasteiger partial charge in [0.1, 0.15) is 11.6 Å². The molecule has 2 aromatic heterocycles. The number of hydrogen-bond donors (Lipinski definition) is 1. The topological polar surface area (TPSA) is 41.3 Å². The van der Waals surface area contributed by atoms with Crippen molar-refractivity contribution in [1.82, 2.24) is 10.3 Å². The first-order valence-corrected chi connectivity index (χ1v) is 8.77. The van der Waals surface area contributed by atoms with Crippen molar-refractivity contribution in [3.8, 4) is 0 Å². The van der Waals surface area contributed by atoms with Crippen LogP contribution in [0.15, 0.2) is 53.1 Å². The summed E-state index contributed by atoms with van der Waals surface area (Å²) in [6.45, 7) is 3.75. The highest BCUT2D eigenvalue weighted by Crippen LogP contribution is 2.26. The van der Waals surface area contributed by atoms with Crippen LogP contribution in [0.4, 0.5) is 5.82 Å². The molecule has 0 radical (unpaired) electrons. The molecular formula is C20H23N3O. The Kier molecular flexibility index (Phi) is 4.47. The highest BCUT2D eigenvalue weighted by molar-refractivity contribution is 5.81. The van der Waals surface area contributed by atoms with Gasteiger partial charge in [0, 0.05) is 30.6 Å². The first kappa shape index (κ1) is 15.2. The number of nitrogens with one attached hydrogen (secondary N) is 1. The highest BCUT2D eigenvalue weighted by atomic mass is 16.3. The molecule has 4 heteroatoms. The van der Waals surface area contributed by atoms with Gasteiger partial charge in [0.05, 0.1) is 18.3 Å². The lowest BCUT2D eigenvalue weighted by atomic mass is 10.1. The molecule has 1 aliphatic rings. The summed E-state index contributed by atoms with van der Waals surface area (Å²) < 4.78 is 5.40. The van der Waals surface area contributed by atoms with Gasteiger partial charge in [0.2, 0.25) is 0 Å². The standard InChI is InChI=1S/C20H23N3O/c1-4-10-23(11-5-1)20-17(14-21-15-18-8-6-12-24-18)13-16-7-2-3-9-19(16)22-20/h2-3,6-9,12-13,21H,1,4-5,10-11,14-15H2. The normalized spacial score (nSPS) is 15.1. The van der Waals surface area contributed by atoms with E-state index in [1.165, 1.54) is 30.2 Å². The summed E-state index contributed by atoms with van der Waals surface area (Å²) in [5.74, 6) is 2.10. The molecule has 1 fully saturated rings. The summed E-state index contributed by atoms with van der Waals surface area (Å²) >= 11 is 0. The Hall–Kier alpha value is -2.33. The number of rotatable bonds is 5. The van der Waals surface area contributed by atoms with Gasteiger partial charge in [-0.2, -0.15) is 0 Å². The maximum absolute atomic E-state index is 5.40. The Morgan fingerprint density at radius 2 is 1.88 bits per heavy atom. The lowest BCUT2D eigenvalue weighted by Gasteiger charge is -2.30. The Morgan fingerprint density at radius 1 is 1.00 bits per heavy atom. The third-order valence-corrected chi connectivity index (χ3v) is 4.63. The third-order valence-electron chi connectivity index (χ3n) is 4.63. The molecule has 0 unspecified atom stereocenters. The van der Waals surface area contributed by atoms with Gasteiger partial charge < -0.3 is 14.6 Å². The van der Waals surface area contributed by atoms with Crippen molar-refractivity contribution < 1.29 is 4.42 Å². The van der Waals surface area contributed by atoms with Gasteiger partial charge in [-0.3, -0.25) is 0 Å². The molecule has 1 N–H and O–H groups in total. The fourth-order valence-electron chi connectivity index (χ4n) is 3.39.